The van der Waals surface area contributed by atoms with Crippen molar-refractivity contribution >= 4 is 33.6 Å². The monoisotopic (exact) mass is 247 g/mol. The van der Waals surface area contributed by atoms with E-state index in [0.29, 0.717) is 4.77 Å². The van der Waals surface area contributed by atoms with E-state index in [4.69, 9.17) is 12.2 Å². The average molecular weight is 247 g/mol. The highest BCUT2D eigenvalue weighted by molar-refractivity contribution is 7.71. The number of fused-ring (bicyclic) bond motifs is 1. The van der Waals surface area contributed by atoms with E-state index in [1.54, 1.807) is 16.0 Å². The summed E-state index contributed by atoms with van der Waals surface area (Å²) in [6.45, 7) is 0. The Hall–Kier alpha value is -1.46. The van der Waals surface area contributed by atoms with Crippen LogP contribution in [0.15, 0.2) is 30.3 Å². The van der Waals surface area contributed by atoms with Gasteiger partial charge in [-0.05, 0) is 29.7 Å². The van der Waals surface area contributed by atoms with Gasteiger partial charge in [0.2, 0.25) is 4.77 Å². The smallest absolute Gasteiger partial charge is 0.216 e. The fourth-order valence-corrected chi connectivity index (χ4v) is 2.75. The topological polar surface area (TPSA) is 33.6 Å². The molecule has 0 saturated heterocycles. The summed E-state index contributed by atoms with van der Waals surface area (Å²) in [5.41, 5.74) is 0. The van der Waals surface area contributed by atoms with Crippen LogP contribution in [0.1, 0.15) is 0 Å². The van der Waals surface area contributed by atoms with Crippen LogP contribution < -0.4 is 0 Å². The van der Waals surface area contributed by atoms with Crippen molar-refractivity contribution in [1.82, 2.24) is 14.8 Å². The van der Waals surface area contributed by atoms with Crippen LogP contribution in [0.4, 0.5) is 0 Å². The van der Waals surface area contributed by atoms with Gasteiger partial charge < -0.3 is 0 Å². The molecule has 2 heterocycles. The van der Waals surface area contributed by atoms with E-state index in [2.05, 4.69) is 28.3 Å². The van der Waals surface area contributed by atoms with Gasteiger partial charge in [0.25, 0.3) is 0 Å². The summed E-state index contributed by atoms with van der Waals surface area (Å²) >= 11 is 6.80. The highest BCUT2D eigenvalue weighted by Gasteiger charge is 2.07. The minimum atomic E-state index is 0.576. The first-order valence-corrected chi connectivity index (χ1v) is 6.08. The third-order valence-electron chi connectivity index (χ3n) is 2.43. The Bertz CT molecular complexity index is 672. The van der Waals surface area contributed by atoms with Gasteiger partial charge in [0.05, 0.1) is 4.88 Å². The van der Waals surface area contributed by atoms with Crippen molar-refractivity contribution < 1.29 is 0 Å². The molecule has 0 aliphatic carbocycles. The normalized spacial score (nSPS) is 11.1. The lowest BCUT2D eigenvalue weighted by Gasteiger charge is -1.88. The predicted octanol–water partition coefficient (Wildman–Crippen LogP) is 3.36. The second-order valence-electron chi connectivity index (χ2n) is 3.56. The standard InChI is InChI=1S/C11H9N3S2/c1-14-11(15)12-10(13-14)9-6-7-4-2-3-5-8(7)16-9/h2-6H,1H3,(H,12,13,15). The van der Waals surface area contributed by atoms with Crippen molar-refractivity contribution in [3.8, 4) is 10.7 Å². The van der Waals surface area contributed by atoms with Gasteiger partial charge in [0.15, 0.2) is 5.82 Å². The molecule has 0 bridgehead atoms. The summed E-state index contributed by atoms with van der Waals surface area (Å²) in [7, 11) is 1.87. The summed E-state index contributed by atoms with van der Waals surface area (Å²) < 4.78 is 3.59. The number of nitrogens with zero attached hydrogens (tertiary/aromatic N) is 2. The van der Waals surface area contributed by atoms with Gasteiger partial charge in [0, 0.05) is 11.7 Å². The lowest BCUT2D eigenvalue weighted by molar-refractivity contribution is 0.756. The first kappa shape index (κ1) is 9.74. The quantitative estimate of drug-likeness (QED) is 0.669. The molecular formula is C11H9N3S2. The zero-order valence-corrected chi connectivity index (χ0v) is 10.2. The largest absolute Gasteiger partial charge is 0.279 e. The molecule has 0 atom stereocenters. The summed E-state index contributed by atoms with van der Waals surface area (Å²) in [5.74, 6) is 0.841. The van der Waals surface area contributed by atoms with E-state index in [1.807, 2.05) is 19.2 Å². The van der Waals surface area contributed by atoms with Crippen LogP contribution in [0.2, 0.25) is 0 Å². The molecule has 80 valence electrons. The molecule has 16 heavy (non-hydrogen) atoms. The first-order valence-electron chi connectivity index (χ1n) is 4.86. The summed E-state index contributed by atoms with van der Waals surface area (Å²) in [6.07, 6.45) is 0. The number of hydrogen-bond acceptors (Lipinski definition) is 3. The molecule has 5 heteroatoms. The first-order chi connectivity index (χ1) is 7.74. The lowest BCUT2D eigenvalue weighted by atomic mass is 10.2. The highest BCUT2D eigenvalue weighted by Crippen LogP contribution is 2.31. The third kappa shape index (κ3) is 1.48. The van der Waals surface area contributed by atoms with E-state index >= 15 is 0 Å². The molecule has 1 N–H and O–H groups in total. The van der Waals surface area contributed by atoms with Gasteiger partial charge in [-0.25, -0.2) is 0 Å². The summed E-state index contributed by atoms with van der Waals surface area (Å²) in [6, 6.07) is 10.4. The fraction of sp³-hybridized carbons (Fsp3) is 0.0909. The summed E-state index contributed by atoms with van der Waals surface area (Å²) in [5, 5.41) is 4.38. The van der Waals surface area contributed by atoms with Crippen LogP contribution >= 0.6 is 23.6 Å². The van der Waals surface area contributed by atoms with E-state index < -0.39 is 0 Å². The number of aromatic amines is 1. The molecular weight excluding hydrogens is 238 g/mol. The Kier molecular flexibility index (Phi) is 2.15. The van der Waals surface area contributed by atoms with Crippen molar-refractivity contribution in [2.45, 2.75) is 0 Å². The molecule has 3 rings (SSSR count). The molecule has 0 fully saturated rings. The predicted molar refractivity (Wildman–Crippen MR) is 69.2 cm³/mol. The van der Waals surface area contributed by atoms with E-state index in [9.17, 15) is 0 Å². The molecule has 2 aromatic heterocycles. The third-order valence-corrected chi connectivity index (χ3v) is 3.91. The van der Waals surface area contributed by atoms with Crippen LogP contribution in [-0.2, 0) is 7.05 Å². The average Bonchev–Trinajstić information content (AvgIpc) is 2.83. The van der Waals surface area contributed by atoms with Crippen LogP contribution in [-0.4, -0.2) is 14.8 Å². The van der Waals surface area contributed by atoms with Crippen molar-refractivity contribution in [1.29, 1.82) is 0 Å². The van der Waals surface area contributed by atoms with Gasteiger partial charge >= 0.3 is 0 Å². The molecule has 0 radical (unpaired) electrons. The Balaban J connectivity index is 2.22. The molecule has 0 saturated carbocycles. The fourth-order valence-electron chi connectivity index (χ4n) is 1.61. The maximum absolute atomic E-state index is 5.08. The van der Waals surface area contributed by atoms with E-state index in [0.717, 1.165) is 10.7 Å². The minimum Gasteiger partial charge on any atom is -0.279 e. The van der Waals surface area contributed by atoms with Crippen molar-refractivity contribution in [2.75, 3.05) is 0 Å². The molecule has 3 aromatic rings. The number of benzene rings is 1. The Morgan fingerprint density at radius 3 is 2.88 bits per heavy atom. The van der Waals surface area contributed by atoms with Crippen LogP contribution in [0.25, 0.3) is 20.8 Å². The number of nitrogens with one attached hydrogen (secondary N) is 1. The molecule has 0 aliphatic heterocycles. The van der Waals surface area contributed by atoms with E-state index in [1.165, 1.54) is 10.1 Å². The number of rotatable bonds is 1. The maximum Gasteiger partial charge on any atom is 0.216 e. The lowest BCUT2D eigenvalue weighted by Crippen LogP contribution is -1.88. The van der Waals surface area contributed by atoms with Gasteiger partial charge in [-0.15, -0.1) is 11.3 Å². The number of thiophene rings is 1. The minimum absolute atomic E-state index is 0.576. The van der Waals surface area contributed by atoms with Gasteiger partial charge in [-0.1, -0.05) is 18.2 Å². The molecule has 0 unspecified atom stereocenters. The van der Waals surface area contributed by atoms with Crippen LogP contribution in [0.5, 0.6) is 0 Å². The Labute approximate surface area is 101 Å². The van der Waals surface area contributed by atoms with Crippen molar-refractivity contribution in [2.24, 2.45) is 7.05 Å². The molecule has 0 spiro atoms. The summed E-state index contributed by atoms with van der Waals surface area (Å²) in [4.78, 5) is 5.43. The second-order valence-corrected chi connectivity index (χ2v) is 5.01. The number of hydrogen-bond donors (Lipinski definition) is 1. The van der Waals surface area contributed by atoms with Crippen molar-refractivity contribution in [3.63, 3.8) is 0 Å². The van der Waals surface area contributed by atoms with Crippen LogP contribution in [0.3, 0.4) is 0 Å². The SMILES string of the molecule is Cn1[nH]c(-c2cc3ccccc3s2)nc1=S. The van der Waals surface area contributed by atoms with E-state index in [-0.39, 0.29) is 0 Å². The van der Waals surface area contributed by atoms with Crippen molar-refractivity contribution in [3.05, 3.63) is 35.1 Å². The molecule has 3 nitrogen and oxygen atoms in total. The number of aromatic nitrogens is 3. The highest BCUT2D eigenvalue weighted by atomic mass is 32.1. The van der Waals surface area contributed by atoms with Crippen LogP contribution in [0, 0.1) is 4.77 Å². The molecule has 0 amide bonds. The van der Waals surface area contributed by atoms with Gasteiger partial charge in [-0.3, -0.25) is 9.78 Å². The zero-order valence-electron chi connectivity index (χ0n) is 8.60. The maximum atomic E-state index is 5.08. The zero-order chi connectivity index (χ0) is 11.1. The van der Waals surface area contributed by atoms with Gasteiger partial charge in [-0.2, -0.15) is 4.98 Å². The Morgan fingerprint density at radius 1 is 1.38 bits per heavy atom. The number of aryl methyl sites for hydroxylation is 1. The molecule has 1 aromatic carbocycles. The molecule has 0 aliphatic rings. The second kappa shape index (κ2) is 3.54. The van der Waals surface area contributed by atoms with Gasteiger partial charge in [0.1, 0.15) is 0 Å². The Morgan fingerprint density at radius 2 is 2.19 bits per heavy atom. The number of H-pyrrole nitrogens is 1.